The van der Waals surface area contributed by atoms with Crippen LogP contribution in [-0.4, -0.2) is 18.4 Å². The average molecular weight is 405 g/mol. The Balaban J connectivity index is 1.58. The van der Waals surface area contributed by atoms with Gasteiger partial charge in [0.1, 0.15) is 0 Å². The number of carbonyl (C=O) groups excluding carboxylic acids is 2. The monoisotopic (exact) mass is 404 g/mol. The van der Waals surface area contributed by atoms with Gasteiger partial charge in [-0.3, -0.25) is 9.59 Å². The molecule has 1 N–H and O–H groups in total. The molecule has 1 aliphatic rings. The second kappa shape index (κ2) is 8.10. The molecule has 0 saturated heterocycles. The number of nitrogens with one attached hydrogen (secondary N) is 1. The van der Waals surface area contributed by atoms with Gasteiger partial charge < -0.3 is 10.2 Å². The van der Waals surface area contributed by atoms with E-state index in [0.29, 0.717) is 28.4 Å². The fourth-order valence-corrected chi connectivity index (χ4v) is 3.74. The minimum absolute atomic E-state index is 0.0146. The standard InChI is InChI=1S/C24H21ClN2O2/c1-16-8-10-17(11-9-16)24(29)27-14-4-5-18-15-19(12-13-22(18)27)23(28)26-21-7-3-2-6-20(21)25/h2-3,6-13,15H,4-5,14H2,1H3,(H,26,28). The van der Waals surface area contributed by atoms with Crippen molar-refractivity contribution < 1.29 is 9.59 Å². The second-order valence-electron chi connectivity index (χ2n) is 7.20. The quantitative estimate of drug-likeness (QED) is 0.627. The molecular formula is C24H21ClN2O2. The van der Waals surface area contributed by atoms with E-state index < -0.39 is 0 Å². The molecule has 0 spiro atoms. The van der Waals surface area contributed by atoms with Crippen molar-refractivity contribution in [3.05, 3.63) is 94.0 Å². The number of rotatable bonds is 3. The van der Waals surface area contributed by atoms with E-state index in [0.717, 1.165) is 29.7 Å². The van der Waals surface area contributed by atoms with Crippen LogP contribution in [0.4, 0.5) is 11.4 Å². The highest BCUT2D eigenvalue weighted by atomic mass is 35.5. The molecular weight excluding hydrogens is 384 g/mol. The first kappa shape index (κ1) is 19.2. The molecule has 4 rings (SSSR count). The number of hydrogen-bond donors (Lipinski definition) is 1. The van der Waals surface area contributed by atoms with Gasteiger partial charge >= 0.3 is 0 Å². The van der Waals surface area contributed by atoms with Crippen LogP contribution >= 0.6 is 11.6 Å². The van der Waals surface area contributed by atoms with Crippen molar-refractivity contribution in [2.24, 2.45) is 0 Å². The maximum absolute atomic E-state index is 13.0. The lowest BCUT2D eigenvalue weighted by Crippen LogP contribution is -2.35. The van der Waals surface area contributed by atoms with Gasteiger partial charge in [0, 0.05) is 23.4 Å². The zero-order chi connectivity index (χ0) is 20.4. The lowest BCUT2D eigenvalue weighted by Gasteiger charge is -2.30. The van der Waals surface area contributed by atoms with Crippen LogP contribution in [0.25, 0.3) is 0 Å². The zero-order valence-corrected chi connectivity index (χ0v) is 16.9. The Hall–Kier alpha value is -3.11. The van der Waals surface area contributed by atoms with E-state index in [1.807, 2.05) is 55.5 Å². The number of para-hydroxylation sites is 1. The molecule has 29 heavy (non-hydrogen) atoms. The fourth-order valence-electron chi connectivity index (χ4n) is 3.56. The molecule has 146 valence electrons. The van der Waals surface area contributed by atoms with Crippen molar-refractivity contribution in [1.82, 2.24) is 0 Å². The lowest BCUT2D eigenvalue weighted by atomic mass is 9.98. The van der Waals surface area contributed by atoms with E-state index in [1.165, 1.54) is 0 Å². The van der Waals surface area contributed by atoms with Crippen LogP contribution in [0.3, 0.4) is 0 Å². The lowest BCUT2D eigenvalue weighted by molar-refractivity contribution is 0.0984. The normalized spacial score (nSPS) is 13.0. The molecule has 1 aliphatic heterocycles. The molecule has 5 heteroatoms. The first-order chi connectivity index (χ1) is 14.0. The third-order valence-electron chi connectivity index (χ3n) is 5.13. The zero-order valence-electron chi connectivity index (χ0n) is 16.1. The summed E-state index contributed by atoms with van der Waals surface area (Å²) in [4.78, 5) is 27.5. The van der Waals surface area contributed by atoms with Gasteiger partial charge in [0.15, 0.2) is 0 Å². The van der Waals surface area contributed by atoms with E-state index in [4.69, 9.17) is 11.6 Å². The van der Waals surface area contributed by atoms with E-state index in [9.17, 15) is 9.59 Å². The summed E-state index contributed by atoms with van der Waals surface area (Å²) in [6.07, 6.45) is 1.69. The topological polar surface area (TPSA) is 49.4 Å². The van der Waals surface area contributed by atoms with Crippen molar-refractivity contribution in [3.63, 3.8) is 0 Å². The van der Waals surface area contributed by atoms with E-state index in [-0.39, 0.29) is 11.8 Å². The molecule has 0 aromatic heterocycles. The van der Waals surface area contributed by atoms with Gasteiger partial charge in [0.05, 0.1) is 10.7 Å². The first-order valence-electron chi connectivity index (χ1n) is 9.60. The van der Waals surface area contributed by atoms with Crippen molar-refractivity contribution in [2.75, 3.05) is 16.8 Å². The van der Waals surface area contributed by atoms with Crippen LogP contribution in [0.15, 0.2) is 66.7 Å². The van der Waals surface area contributed by atoms with E-state index >= 15 is 0 Å². The third-order valence-corrected chi connectivity index (χ3v) is 5.46. The summed E-state index contributed by atoms with van der Waals surface area (Å²) < 4.78 is 0. The Kier molecular flexibility index (Phi) is 5.36. The summed E-state index contributed by atoms with van der Waals surface area (Å²) in [6.45, 7) is 2.67. The minimum Gasteiger partial charge on any atom is -0.321 e. The van der Waals surface area contributed by atoms with Crippen LogP contribution in [0.5, 0.6) is 0 Å². The SMILES string of the molecule is Cc1ccc(C(=O)N2CCCc3cc(C(=O)Nc4ccccc4Cl)ccc32)cc1. The van der Waals surface area contributed by atoms with Gasteiger partial charge in [-0.1, -0.05) is 41.4 Å². The van der Waals surface area contributed by atoms with Gasteiger partial charge in [-0.2, -0.15) is 0 Å². The van der Waals surface area contributed by atoms with Crippen LogP contribution in [-0.2, 0) is 6.42 Å². The summed E-state index contributed by atoms with van der Waals surface area (Å²) in [7, 11) is 0. The molecule has 0 fully saturated rings. The van der Waals surface area contributed by atoms with Crippen molar-refractivity contribution in [2.45, 2.75) is 19.8 Å². The molecule has 0 aliphatic carbocycles. The highest BCUT2D eigenvalue weighted by Gasteiger charge is 2.24. The predicted octanol–water partition coefficient (Wildman–Crippen LogP) is 5.49. The number of amides is 2. The highest BCUT2D eigenvalue weighted by Crippen LogP contribution is 2.30. The minimum atomic E-state index is -0.220. The number of halogens is 1. The van der Waals surface area contributed by atoms with Gasteiger partial charge in [-0.15, -0.1) is 0 Å². The molecule has 3 aromatic rings. The number of fused-ring (bicyclic) bond motifs is 1. The van der Waals surface area contributed by atoms with E-state index in [1.54, 1.807) is 23.1 Å². The van der Waals surface area contributed by atoms with Crippen molar-refractivity contribution in [1.29, 1.82) is 0 Å². The largest absolute Gasteiger partial charge is 0.321 e. The Morgan fingerprint density at radius 3 is 2.45 bits per heavy atom. The number of aryl methyl sites for hydroxylation is 2. The fraction of sp³-hybridized carbons (Fsp3) is 0.167. The van der Waals surface area contributed by atoms with Gasteiger partial charge in [-0.25, -0.2) is 0 Å². The van der Waals surface area contributed by atoms with Crippen LogP contribution in [0, 0.1) is 6.92 Å². The Labute approximate surface area is 175 Å². The maximum atomic E-state index is 13.0. The van der Waals surface area contributed by atoms with E-state index in [2.05, 4.69) is 5.32 Å². The summed E-state index contributed by atoms with van der Waals surface area (Å²) in [5.41, 5.74) is 4.79. The number of hydrogen-bond acceptors (Lipinski definition) is 2. The van der Waals surface area contributed by atoms with Gasteiger partial charge in [0.25, 0.3) is 11.8 Å². The molecule has 0 saturated carbocycles. The molecule has 0 radical (unpaired) electrons. The van der Waals surface area contributed by atoms with Crippen LogP contribution < -0.4 is 10.2 Å². The number of carbonyl (C=O) groups is 2. The molecule has 2 amide bonds. The summed E-state index contributed by atoms with van der Waals surface area (Å²) >= 11 is 6.13. The Bertz CT molecular complexity index is 1080. The summed E-state index contributed by atoms with van der Waals surface area (Å²) in [5.74, 6) is -0.234. The maximum Gasteiger partial charge on any atom is 0.258 e. The third kappa shape index (κ3) is 4.03. The van der Waals surface area contributed by atoms with Gasteiger partial charge in [-0.05, 0) is 67.8 Å². The van der Waals surface area contributed by atoms with Crippen molar-refractivity contribution in [3.8, 4) is 0 Å². The predicted molar refractivity (Wildman–Crippen MR) is 117 cm³/mol. The molecule has 1 heterocycles. The molecule has 0 atom stereocenters. The smallest absolute Gasteiger partial charge is 0.258 e. The molecule has 0 unspecified atom stereocenters. The van der Waals surface area contributed by atoms with Gasteiger partial charge in [0.2, 0.25) is 0 Å². The second-order valence-corrected chi connectivity index (χ2v) is 7.61. The average Bonchev–Trinajstić information content (AvgIpc) is 2.74. The van der Waals surface area contributed by atoms with Crippen LogP contribution in [0.1, 0.15) is 38.3 Å². The van der Waals surface area contributed by atoms with Crippen LogP contribution in [0.2, 0.25) is 5.02 Å². The molecule has 4 nitrogen and oxygen atoms in total. The molecule has 3 aromatic carbocycles. The summed E-state index contributed by atoms with van der Waals surface area (Å²) in [5, 5.41) is 3.34. The first-order valence-corrected chi connectivity index (χ1v) is 9.98. The summed E-state index contributed by atoms with van der Waals surface area (Å²) in [6, 6.07) is 20.2. The number of anilines is 2. The number of benzene rings is 3. The Morgan fingerprint density at radius 1 is 0.966 bits per heavy atom. The van der Waals surface area contributed by atoms with Crippen molar-refractivity contribution >= 4 is 34.8 Å². The number of nitrogens with zero attached hydrogens (tertiary/aromatic N) is 1. The Morgan fingerprint density at radius 2 is 1.69 bits per heavy atom. The molecule has 0 bridgehead atoms. The highest BCUT2D eigenvalue weighted by molar-refractivity contribution is 6.33.